The molecule has 0 radical (unpaired) electrons. The van der Waals surface area contributed by atoms with Gasteiger partial charge in [0.15, 0.2) is 11.2 Å². The van der Waals surface area contributed by atoms with Crippen LogP contribution in [0, 0.1) is 0 Å². The number of rotatable bonds is 5. The molecule has 1 aliphatic carbocycles. The fraction of sp³-hybridized carbons (Fsp3) is 0.333. The van der Waals surface area contributed by atoms with Crippen molar-refractivity contribution < 1.29 is 28.3 Å². The van der Waals surface area contributed by atoms with Gasteiger partial charge in [0.25, 0.3) is 6.01 Å². The zero-order valence-electron chi connectivity index (χ0n) is 16.9. The Kier molecular flexibility index (Phi) is 4.60. The number of fused-ring (bicyclic) bond motifs is 5. The Labute approximate surface area is 172 Å². The number of hydrogen-bond acceptors (Lipinski definition) is 8. The number of carbonyl (C=O) groups excluding carboxylic acids is 3. The van der Waals surface area contributed by atoms with Crippen LogP contribution in [-0.2, 0) is 29.3 Å². The van der Waals surface area contributed by atoms with E-state index in [2.05, 4.69) is 4.98 Å². The van der Waals surface area contributed by atoms with E-state index >= 15 is 0 Å². The van der Waals surface area contributed by atoms with Crippen LogP contribution in [0.15, 0.2) is 40.0 Å². The van der Waals surface area contributed by atoms with Crippen LogP contribution < -0.4 is 5.73 Å². The molecular weight excluding hydrogens is 390 g/mol. The van der Waals surface area contributed by atoms with Crippen molar-refractivity contribution in [1.82, 2.24) is 9.88 Å². The molecule has 4 rings (SSSR count). The molecule has 9 heteroatoms. The molecule has 1 aliphatic heterocycles. The summed E-state index contributed by atoms with van der Waals surface area (Å²) in [5.74, 6) is -1.43. The van der Waals surface area contributed by atoms with Crippen molar-refractivity contribution >= 4 is 23.9 Å². The maximum absolute atomic E-state index is 13.9. The quantitative estimate of drug-likeness (QED) is 0.738. The number of oxazole rings is 1. The van der Waals surface area contributed by atoms with Crippen LogP contribution in [0.2, 0.25) is 0 Å². The summed E-state index contributed by atoms with van der Waals surface area (Å²) in [6.07, 6.45) is 0. The Bertz CT molecular complexity index is 1100. The molecule has 2 aromatic rings. The van der Waals surface area contributed by atoms with Crippen LogP contribution in [0.1, 0.15) is 32.0 Å². The minimum Gasteiger partial charge on any atom is -0.465 e. The highest BCUT2D eigenvalue weighted by atomic mass is 16.5. The summed E-state index contributed by atoms with van der Waals surface area (Å²) < 4.78 is 15.9. The Balaban J connectivity index is 1.99. The minimum atomic E-state index is -1.60. The van der Waals surface area contributed by atoms with Gasteiger partial charge in [0.2, 0.25) is 5.91 Å². The molecule has 2 heterocycles. The van der Waals surface area contributed by atoms with Crippen molar-refractivity contribution in [3.05, 3.63) is 46.8 Å². The Hall–Kier alpha value is -3.62. The van der Waals surface area contributed by atoms with E-state index in [-0.39, 0.29) is 37.0 Å². The van der Waals surface area contributed by atoms with Gasteiger partial charge >= 0.3 is 11.9 Å². The van der Waals surface area contributed by atoms with Crippen molar-refractivity contribution in [3.8, 4) is 11.3 Å². The van der Waals surface area contributed by atoms with E-state index in [0.717, 1.165) is 0 Å². The minimum absolute atomic E-state index is 0.0955. The number of aromatic nitrogens is 1. The number of nitrogens with two attached hydrogens (primary N) is 1. The van der Waals surface area contributed by atoms with Crippen molar-refractivity contribution in [1.29, 1.82) is 0 Å². The fourth-order valence-electron chi connectivity index (χ4n) is 4.28. The van der Waals surface area contributed by atoms with Crippen molar-refractivity contribution in [2.45, 2.75) is 26.2 Å². The largest absolute Gasteiger partial charge is 0.465 e. The van der Waals surface area contributed by atoms with Gasteiger partial charge in [-0.1, -0.05) is 24.3 Å². The number of ether oxygens (including phenoxy) is 2. The zero-order chi connectivity index (χ0) is 21.6. The lowest BCUT2D eigenvalue weighted by Gasteiger charge is -2.26. The van der Waals surface area contributed by atoms with Gasteiger partial charge in [-0.25, -0.2) is 4.79 Å². The number of nitrogen functional groups attached to an aromatic ring is 1. The Morgan fingerprint density at radius 2 is 1.90 bits per heavy atom. The van der Waals surface area contributed by atoms with E-state index in [1.807, 2.05) is 0 Å². The van der Waals surface area contributed by atoms with E-state index in [4.69, 9.17) is 19.6 Å². The predicted octanol–water partition coefficient (Wildman–Crippen LogP) is 1.77. The average molecular weight is 411 g/mol. The molecule has 0 unspecified atom stereocenters. The molecule has 156 valence electrons. The first-order valence-corrected chi connectivity index (χ1v) is 9.60. The summed E-state index contributed by atoms with van der Waals surface area (Å²) in [5.41, 5.74) is 5.96. The predicted molar refractivity (Wildman–Crippen MR) is 105 cm³/mol. The lowest BCUT2D eigenvalue weighted by atomic mass is 9.74. The smallest absolute Gasteiger partial charge is 0.337 e. The second kappa shape index (κ2) is 7.01. The average Bonchev–Trinajstić information content (AvgIpc) is 3.28. The molecule has 1 atom stereocenters. The molecule has 1 spiro atoms. The number of nitrogens with zero attached hydrogens (tertiary/aromatic N) is 2. The third kappa shape index (κ3) is 2.47. The van der Waals surface area contributed by atoms with Crippen LogP contribution in [0.5, 0.6) is 0 Å². The summed E-state index contributed by atoms with van der Waals surface area (Å²) in [5, 5.41) is 0. The molecule has 0 bridgehead atoms. The van der Waals surface area contributed by atoms with E-state index in [9.17, 15) is 14.4 Å². The second-order valence-corrected chi connectivity index (χ2v) is 6.90. The molecule has 1 aromatic carbocycles. The van der Waals surface area contributed by atoms with Gasteiger partial charge in [-0.15, -0.1) is 0 Å². The summed E-state index contributed by atoms with van der Waals surface area (Å²) >= 11 is 0. The van der Waals surface area contributed by atoms with Crippen LogP contribution >= 0.6 is 0 Å². The van der Waals surface area contributed by atoms with Crippen LogP contribution in [0.25, 0.3) is 11.3 Å². The van der Waals surface area contributed by atoms with Gasteiger partial charge < -0.3 is 24.5 Å². The molecule has 0 saturated carbocycles. The van der Waals surface area contributed by atoms with E-state index in [1.54, 1.807) is 45.0 Å². The standard InChI is InChI=1S/C21H21N3O6/c1-4-28-14(25)10-24-11(3)15(18(26)29-5-2)21(19(24)27)13-9-7-6-8-12(13)16-17(21)23-20(22)30-16/h6-9H,4-5,10H2,1-3H3,(H2,22,23)/t21-/m0/s1. The summed E-state index contributed by atoms with van der Waals surface area (Å²) in [6, 6.07) is 6.94. The topological polar surface area (TPSA) is 125 Å². The number of benzene rings is 1. The zero-order valence-corrected chi connectivity index (χ0v) is 16.9. The highest BCUT2D eigenvalue weighted by Crippen LogP contribution is 2.57. The van der Waals surface area contributed by atoms with E-state index in [1.165, 1.54) is 4.90 Å². The SMILES string of the molecule is CCOC(=O)CN1C(=O)[C@]2(C(C(=O)OCC)=C1C)c1ccccc1-c1oc(N)nc12. The maximum atomic E-state index is 13.9. The highest BCUT2D eigenvalue weighted by Gasteiger charge is 2.63. The fourth-order valence-corrected chi connectivity index (χ4v) is 4.28. The lowest BCUT2D eigenvalue weighted by Crippen LogP contribution is -2.44. The highest BCUT2D eigenvalue weighted by molar-refractivity contribution is 6.14. The first-order chi connectivity index (χ1) is 14.4. The molecule has 9 nitrogen and oxygen atoms in total. The number of carbonyl (C=O) groups is 3. The first kappa shape index (κ1) is 19.7. The van der Waals surface area contributed by atoms with Crippen LogP contribution in [0.3, 0.4) is 0 Å². The molecule has 1 amide bonds. The van der Waals surface area contributed by atoms with Gasteiger partial charge in [0, 0.05) is 11.3 Å². The number of anilines is 1. The summed E-state index contributed by atoms with van der Waals surface area (Å²) in [6.45, 7) is 4.90. The molecule has 1 aromatic heterocycles. The Morgan fingerprint density at radius 1 is 1.20 bits per heavy atom. The van der Waals surface area contributed by atoms with E-state index < -0.39 is 23.3 Å². The first-order valence-electron chi connectivity index (χ1n) is 9.60. The van der Waals surface area contributed by atoms with Gasteiger partial charge in [-0.3, -0.25) is 9.59 Å². The lowest BCUT2D eigenvalue weighted by molar-refractivity contribution is -0.147. The van der Waals surface area contributed by atoms with Crippen LogP contribution in [0.4, 0.5) is 6.01 Å². The maximum Gasteiger partial charge on any atom is 0.337 e. The van der Waals surface area contributed by atoms with Crippen molar-refractivity contribution in [2.75, 3.05) is 25.5 Å². The number of allylic oxidation sites excluding steroid dienone is 1. The molecule has 0 fully saturated rings. The number of hydrogen-bond donors (Lipinski definition) is 1. The van der Waals surface area contributed by atoms with Gasteiger partial charge in [0.05, 0.1) is 18.8 Å². The normalized spacial score (nSPS) is 19.3. The molecular formula is C21H21N3O6. The van der Waals surface area contributed by atoms with Gasteiger partial charge in [0.1, 0.15) is 12.2 Å². The second-order valence-electron chi connectivity index (χ2n) is 6.90. The van der Waals surface area contributed by atoms with Gasteiger partial charge in [-0.05, 0) is 26.3 Å². The van der Waals surface area contributed by atoms with Crippen molar-refractivity contribution in [3.63, 3.8) is 0 Å². The molecule has 0 saturated heterocycles. The molecule has 30 heavy (non-hydrogen) atoms. The number of esters is 2. The van der Waals surface area contributed by atoms with Crippen LogP contribution in [-0.4, -0.2) is 47.5 Å². The van der Waals surface area contributed by atoms with Crippen molar-refractivity contribution in [2.24, 2.45) is 0 Å². The van der Waals surface area contributed by atoms with E-state index in [0.29, 0.717) is 22.6 Å². The molecule has 2 N–H and O–H groups in total. The number of amides is 1. The van der Waals surface area contributed by atoms with Gasteiger partial charge in [-0.2, -0.15) is 4.98 Å². The Morgan fingerprint density at radius 3 is 2.60 bits per heavy atom. The summed E-state index contributed by atoms with van der Waals surface area (Å²) in [7, 11) is 0. The molecule has 2 aliphatic rings. The third-order valence-electron chi connectivity index (χ3n) is 5.35. The third-order valence-corrected chi connectivity index (χ3v) is 5.35. The summed E-state index contributed by atoms with van der Waals surface area (Å²) in [4.78, 5) is 44.7. The monoisotopic (exact) mass is 411 g/mol.